The fraction of sp³-hybridized carbons (Fsp3) is 0.500. The summed E-state index contributed by atoms with van der Waals surface area (Å²) in [6, 6.07) is 0. The number of aliphatic hydroxyl groups is 1. The predicted octanol–water partition coefficient (Wildman–Crippen LogP) is -4.04. The Bertz CT molecular complexity index is 234. The monoisotopic (exact) mass is 254 g/mol. The maximum absolute atomic E-state index is 10.3. The summed E-state index contributed by atoms with van der Waals surface area (Å²) in [4.78, 5) is 30.2. The molecule has 0 rings (SSSR count). The number of carboxylic acid groups (broad SMARTS) is 3. The zero-order valence-corrected chi connectivity index (χ0v) is 8.82. The number of hydrogen-bond donors (Lipinski definition) is 2. The molecule has 0 aromatic rings. The molecule has 0 fully saturated rings. The van der Waals surface area contributed by atoms with E-state index in [9.17, 15) is 24.6 Å². The second kappa shape index (κ2) is 7.35. The van der Waals surface area contributed by atoms with Crippen LogP contribution in [0.15, 0.2) is 0 Å². The van der Waals surface area contributed by atoms with Crippen LogP contribution in [-0.2, 0) is 41.6 Å². The Labute approximate surface area is 98.7 Å². The van der Waals surface area contributed by atoms with Crippen molar-refractivity contribution >= 4 is 17.9 Å². The van der Waals surface area contributed by atoms with Gasteiger partial charge in [0.1, 0.15) is 0 Å². The van der Waals surface area contributed by atoms with Crippen LogP contribution in [0.4, 0.5) is 0 Å². The minimum Gasteiger partial charge on any atom is -2.00 e. The van der Waals surface area contributed by atoms with Crippen molar-refractivity contribution in [3.05, 3.63) is 0 Å². The number of carbonyl (C=O) groups excluding carboxylic acids is 2. The van der Waals surface area contributed by atoms with Gasteiger partial charge >= 0.3 is 27.7 Å². The van der Waals surface area contributed by atoms with Crippen molar-refractivity contribution in [3.63, 3.8) is 0 Å². The Kier molecular flexibility index (Phi) is 9.60. The molecule has 9 heteroatoms. The summed E-state index contributed by atoms with van der Waals surface area (Å²) in [7, 11) is 0. The van der Waals surface area contributed by atoms with Gasteiger partial charge in [0.05, 0.1) is 0 Å². The van der Waals surface area contributed by atoms with Crippen LogP contribution in [0.25, 0.3) is 0 Å². The zero-order valence-electron chi connectivity index (χ0n) is 7.26. The number of rotatable bonds is 5. The van der Waals surface area contributed by atoms with Gasteiger partial charge in [-0.15, -0.1) is 0 Å². The third kappa shape index (κ3) is 7.03. The summed E-state index contributed by atoms with van der Waals surface area (Å²) >= 11 is 0. The average molecular weight is 254 g/mol. The molecule has 15 heavy (non-hydrogen) atoms. The molecule has 0 spiro atoms. The first kappa shape index (κ1) is 19.6. The largest absolute Gasteiger partial charge is 4.00 e. The van der Waals surface area contributed by atoms with Gasteiger partial charge in [0.2, 0.25) is 0 Å². The molecule has 2 N–H and O–H groups in total. The van der Waals surface area contributed by atoms with E-state index in [4.69, 9.17) is 10.2 Å². The normalized spacial score (nSPS) is 9.40. The third-order valence-electron chi connectivity index (χ3n) is 1.27. The molecule has 0 radical (unpaired) electrons. The number of carboxylic acids is 3. The first-order valence-corrected chi connectivity index (χ1v) is 3.13. The van der Waals surface area contributed by atoms with E-state index < -0.39 is 36.4 Å². The maximum atomic E-state index is 10.3. The van der Waals surface area contributed by atoms with Crippen LogP contribution in [0, 0.1) is 0 Å². The second-order valence-corrected chi connectivity index (χ2v) is 2.43. The summed E-state index contributed by atoms with van der Waals surface area (Å²) in [6.07, 6.45) is -2.59. The fourth-order valence-electron chi connectivity index (χ4n) is 0.691. The second-order valence-electron chi connectivity index (χ2n) is 2.43. The van der Waals surface area contributed by atoms with Gasteiger partial charge in [0.15, 0.2) is 5.60 Å². The van der Waals surface area contributed by atoms with Gasteiger partial charge in [0, 0.05) is 24.8 Å². The van der Waals surface area contributed by atoms with E-state index in [2.05, 4.69) is 0 Å². The molecule has 0 unspecified atom stereocenters. The Hall–Kier alpha value is -0.956. The third-order valence-corrected chi connectivity index (χ3v) is 1.27. The van der Waals surface area contributed by atoms with Crippen molar-refractivity contribution in [3.8, 4) is 0 Å². The molecular formula is C6H6O8Ti. The van der Waals surface area contributed by atoms with Gasteiger partial charge in [-0.1, -0.05) is 0 Å². The smallest absolute Gasteiger partial charge is 2.00 e. The van der Waals surface area contributed by atoms with Crippen LogP contribution >= 0.6 is 0 Å². The van der Waals surface area contributed by atoms with E-state index in [1.807, 2.05) is 0 Å². The van der Waals surface area contributed by atoms with Crippen LogP contribution < -0.4 is 10.2 Å². The van der Waals surface area contributed by atoms with E-state index in [-0.39, 0.29) is 27.2 Å². The number of hydrogen-bond acceptors (Lipinski definition) is 6. The van der Waals surface area contributed by atoms with E-state index in [0.29, 0.717) is 0 Å². The minimum absolute atomic E-state index is 0. The molecule has 0 amide bonds. The van der Waals surface area contributed by atoms with Crippen molar-refractivity contribution < 1.29 is 62.0 Å². The van der Waals surface area contributed by atoms with Crippen molar-refractivity contribution in [1.82, 2.24) is 0 Å². The Balaban J connectivity index is -0.000000720. The van der Waals surface area contributed by atoms with E-state index in [1.54, 1.807) is 0 Å². The first-order valence-electron chi connectivity index (χ1n) is 3.13. The minimum atomic E-state index is -2.86. The number of aliphatic carboxylic acids is 3. The summed E-state index contributed by atoms with van der Waals surface area (Å²) < 4.78 is 0. The molecule has 0 aliphatic heterocycles. The fourth-order valence-corrected chi connectivity index (χ4v) is 0.691. The van der Waals surface area contributed by atoms with Crippen LogP contribution in [0.3, 0.4) is 0 Å². The topological polar surface area (TPSA) is 166 Å². The molecule has 0 bridgehead atoms. The van der Waals surface area contributed by atoms with E-state index >= 15 is 0 Å². The van der Waals surface area contributed by atoms with Crippen LogP contribution in [0.5, 0.6) is 0 Å². The SMILES string of the molecule is O=C([O-])CC(O)(CC(=O)[O-])C(=O)O.[O-2].[Ti+4]. The maximum Gasteiger partial charge on any atom is 4.00 e. The van der Waals surface area contributed by atoms with Gasteiger partial charge in [-0.25, -0.2) is 4.79 Å². The molecular weight excluding hydrogens is 248 g/mol. The zero-order chi connectivity index (χ0) is 10.6. The molecule has 8 nitrogen and oxygen atoms in total. The van der Waals surface area contributed by atoms with E-state index in [1.165, 1.54) is 0 Å². The van der Waals surface area contributed by atoms with Crippen molar-refractivity contribution in [2.45, 2.75) is 18.4 Å². The van der Waals surface area contributed by atoms with Gasteiger partial charge in [-0.2, -0.15) is 0 Å². The molecule has 82 valence electrons. The standard InChI is InChI=1S/C6H8O7.O.Ti/c7-3(8)1-6(13,5(11)12)2-4(9)10;;/h13H,1-2H2,(H,7,8)(H,9,10)(H,11,12);;/q;-2;+4/p-2. The van der Waals surface area contributed by atoms with Crippen molar-refractivity contribution in [2.75, 3.05) is 0 Å². The van der Waals surface area contributed by atoms with Crippen molar-refractivity contribution in [2.24, 2.45) is 0 Å². The molecule has 0 aromatic carbocycles. The van der Waals surface area contributed by atoms with Gasteiger partial charge in [-0.05, 0) is 0 Å². The summed E-state index contributed by atoms with van der Waals surface area (Å²) in [6.45, 7) is 0. The molecule has 0 aliphatic carbocycles. The molecule has 0 aromatic heterocycles. The predicted molar refractivity (Wildman–Crippen MR) is 32.5 cm³/mol. The molecule has 0 heterocycles. The average Bonchev–Trinajstić information content (AvgIpc) is 1.82. The molecule has 0 atom stereocenters. The Morgan fingerprint density at radius 1 is 1.07 bits per heavy atom. The summed E-state index contributed by atoms with van der Waals surface area (Å²) in [5.41, 5.74) is -2.86. The summed E-state index contributed by atoms with van der Waals surface area (Å²) in [5.74, 6) is -5.65. The Morgan fingerprint density at radius 2 is 1.33 bits per heavy atom. The van der Waals surface area contributed by atoms with Crippen LogP contribution in [0.2, 0.25) is 0 Å². The quantitative estimate of drug-likeness (QED) is 0.470. The van der Waals surface area contributed by atoms with Crippen LogP contribution in [-0.4, -0.2) is 33.7 Å². The van der Waals surface area contributed by atoms with E-state index in [0.717, 1.165) is 0 Å². The van der Waals surface area contributed by atoms with Gasteiger partial charge in [0.25, 0.3) is 0 Å². The number of carbonyl (C=O) groups is 3. The summed E-state index contributed by atoms with van der Waals surface area (Å²) in [5, 5.41) is 37.2. The van der Waals surface area contributed by atoms with Crippen molar-refractivity contribution in [1.29, 1.82) is 0 Å². The Morgan fingerprint density at radius 3 is 1.47 bits per heavy atom. The molecule has 0 saturated heterocycles. The van der Waals surface area contributed by atoms with Crippen LogP contribution in [0.1, 0.15) is 12.8 Å². The van der Waals surface area contributed by atoms with Gasteiger partial charge < -0.3 is 35.5 Å². The first-order chi connectivity index (χ1) is 5.78. The molecule has 0 aliphatic rings. The van der Waals surface area contributed by atoms with Gasteiger partial charge in [-0.3, -0.25) is 0 Å². The molecule has 0 saturated carbocycles.